The van der Waals surface area contributed by atoms with Crippen molar-refractivity contribution in [1.29, 1.82) is 0 Å². The Hall–Kier alpha value is -0.830. The van der Waals surface area contributed by atoms with Crippen LogP contribution in [0.3, 0.4) is 0 Å². The van der Waals surface area contributed by atoms with Gasteiger partial charge in [-0.1, -0.05) is 37.6 Å². The summed E-state index contributed by atoms with van der Waals surface area (Å²) in [4.78, 5) is 1.28. The van der Waals surface area contributed by atoms with Crippen LogP contribution in [0, 0.1) is 0 Å². The zero-order valence-electron chi connectivity index (χ0n) is 10.0. The van der Waals surface area contributed by atoms with Gasteiger partial charge in [-0.05, 0) is 34.7 Å². The molecule has 1 aromatic heterocycles. The summed E-state index contributed by atoms with van der Waals surface area (Å²) in [6.45, 7) is 5.09. The lowest BCUT2D eigenvalue weighted by Crippen LogP contribution is -2.21. The van der Waals surface area contributed by atoms with Crippen LogP contribution in [0.5, 0.6) is 0 Å². The van der Waals surface area contributed by atoms with E-state index < -0.39 is 0 Å². The first-order chi connectivity index (χ1) is 8.16. The van der Waals surface area contributed by atoms with Crippen molar-refractivity contribution in [1.82, 2.24) is 5.32 Å². The van der Waals surface area contributed by atoms with Crippen LogP contribution < -0.4 is 5.32 Å². The van der Waals surface area contributed by atoms with E-state index in [0.717, 1.165) is 17.1 Å². The minimum absolute atomic E-state index is 0.469. The molecule has 0 radical (unpaired) electrons. The van der Waals surface area contributed by atoms with Gasteiger partial charge in [-0.15, -0.1) is 11.3 Å². The highest BCUT2D eigenvalue weighted by atomic mass is 35.5. The fourth-order valence-electron chi connectivity index (χ4n) is 1.62. The van der Waals surface area contributed by atoms with Gasteiger partial charge in [0.05, 0.1) is 0 Å². The summed E-state index contributed by atoms with van der Waals surface area (Å²) in [7, 11) is 0. The van der Waals surface area contributed by atoms with Gasteiger partial charge in [0.15, 0.2) is 0 Å². The topological polar surface area (TPSA) is 12.0 Å². The van der Waals surface area contributed by atoms with Crippen molar-refractivity contribution in [3.63, 3.8) is 0 Å². The summed E-state index contributed by atoms with van der Waals surface area (Å²) in [6, 6.07) is 10.9. The van der Waals surface area contributed by atoms with Crippen LogP contribution in [0.4, 0.5) is 0 Å². The first kappa shape index (κ1) is 12.6. The predicted molar refractivity (Wildman–Crippen MR) is 76.7 cm³/mol. The Morgan fingerprint density at radius 3 is 2.76 bits per heavy atom. The molecule has 0 aliphatic rings. The van der Waals surface area contributed by atoms with E-state index in [1.807, 2.05) is 6.07 Å². The molecule has 1 N–H and O–H groups in total. The first-order valence-corrected chi connectivity index (χ1v) is 6.98. The molecule has 0 atom stereocenters. The van der Waals surface area contributed by atoms with Gasteiger partial charge < -0.3 is 5.32 Å². The van der Waals surface area contributed by atoms with Gasteiger partial charge in [-0.25, -0.2) is 0 Å². The highest BCUT2D eigenvalue weighted by Gasteiger charge is 2.05. The standard InChI is InChI=1S/C14H16ClNS/c1-10(2)16-9-12-8-11(5-6-13(12)15)14-4-3-7-17-14/h3-8,10,16H,9H2,1-2H3. The van der Waals surface area contributed by atoms with Crippen molar-refractivity contribution < 1.29 is 0 Å². The van der Waals surface area contributed by atoms with Crippen molar-refractivity contribution in [2.45, 2.75) is 26.4 Å². The van der Waals surface area contributed by atoms with Crippen LogP contribution in [0.1, 0.15) is 19.4 Å². The molecule has 3 heteroatoms. The minimum Gasteiger partial charge on any atom is -0.310 e. The summed E-state index contributed by atoms with van der Waals surface area (Å²) < 4.78 is 0. The van der Waals surface area contributed by atoms with Crippen molar-refractivity contribution >= 4 is 22.9 Å². The Bertz CT molecular complexity index is 477. The van der Waals surface area contributed by atoms with E-state index >= 15 is 0 Å². The van der Waals surface area contributed by atoms with Gasteiger partial charge >= 0.3 is 0 Å². The minimum atomic E-state index is 0.469. The first-order valence-electron chi connectivity index (χ1n) is 5.72. The molecular weight excluding hydrogens is 250 g/mol. The monoisotopic (exact) mass is 265 g/mol. The van der Waals surface area contributed by atoms with Gasteiger partial charge in [-0.3, -0.25) is 0 Å². The van der Waals surface area contributed by atoms with E-state index in [1.165, 1.54) is 10.4 Å². The molecule has 0 fully saturated rings. The molecule has 90 valence electrons. The summed E-state index contributed by atoms with van der Waals surface area (Å²) in [5, 5.41) is 6.32. The summed E-state index contributed by atoms with van der Waals surface area (Å²) >= 11 is 7.96. The highest BCUT2D eigenvalue weighted by molar-refractivity contribution is 7.13. The molecule has 0 amide bonds. The maximum Gasteiger partial charge on any atom is 0.0451 e. The third kappa shape index (κ3) is 3.32. The Morgan fingerprint density at radius 1 is 1.29 bits per heavy atom. The summed E-state index contributed by atoms with van der Waals surface area (Å²) in [5.41, 5.74) is 2.40. The molecule has 0 spiro atoms. The van der Waals surface area contributed by atoms with Gasteiger partial charge in [0.1, 0.15) is 0 Å². The molecule has 1 heterocycles. The van der Waals surface area contributed by atoms with Crippen LogP contribution in [0.2, 0.25) is 5.02 Å². The van der Waals surface area contributed by atoms with Crippen molar-refractivity contribution in [2.24, 2.45) is 0 Å². The fraction of sp³-hybridized carbons (Fsp3) is 0.286. The van der Waals surface area contributed by atoms with Crippen molar-refractivity contribution in [3.05, 3.63) is 46.3 Å². The van der Waals surface area contributed by atoms with Crippen LogP contribution in [0.15, 0.2) is 35.7 Å². The van der Waals surface area contributed by atoms with Crippen LogP contribution >= 0.6 is 22.9 Å². The SMILES string of the molecule is CC(C)NCc1cc(-c2cccs2)ccc1Cl. The van der Waals surface area contributed by atoms with E-state index in [-0.39, 0.29) is 0 Å². The largest absolute Gasteiger partial charge is 0.310 e. The second kappa shape index (κ2) is 5.67. The third-order valence-corrected chi connectivity index (χ3v) is 3.84. The molecule has 0 saturated carbocycles. The number of thiophene rings is 1. The third-order valence-electron chi connectivity index (χ3n) is 2.55. The van der Waals surface area contributed by atoms with Crippen LogP contribution in [0.25, 0.3) is 10.4 Å². The predicted octanol–water partition coefficient (Wildman–Crippen LogP) is 4.57. The van der Waals surface area contributed by atoms with E-state index in [2.05, 4.69) is 48.8 Å². The fourth-order valence-corrected chi connectivity index (χ4v) is 2.53. The maximum atomic E-state index is 6.20. The number of hydrogen-bond acceptors (Lipinski definition) is 2. The van der Waals surface area contributed by atoms with E-state index in [0.29, 0.717) is 6.04 Å². The normalized spacial score (nSPS) is 11.1. The molecule has 1 nitrogen and oxygen atoms in total. The average Bonchev–Trinajstić information content (AvgIpc) is 2.81. The quantitative estimate of drug-likeness (QED) is 0.854. The Labute approximate surface area is 111 Å². The van der Waals surface area contributed by atoms with Crippen LogP contribution in [-0.4, -0.2) is 6.04 Å². The maximum absolute atomic E-state index is 6.20. The number of halogens is 1. The molecule has 0 aliphatic carbocycles. The van der Waals surface area contributed by atoms with Gasteiger partial charge in [-0.2, -0.15) is 0 Å². The molecule has 17 heavy (non-hydrogen) atoms. The second-order valence-corrected chi connectivity index (χ2v) is 5.67. The smallest absolute Gasteiger partial charge is 0.0451 e. The highest BCUT2D eigenvalue weighted by Crippen LogP contribution is 2.28. The number of nitrogens with one attached hydrogen (secondary N) is 1. The lowest BCUT2D eigenvalue weighted by Gasteiger charge is -2.10. The van der Waals surface area contributed by atoms with E-state index in [9.17, 15) is 0 Å². The Kier molecular flexibility index (Phi) is 4.21. The number of benzene rings is 1. The molecule has 0 unspecified atom stereocenters. The zero-order chi connectivity index (χ0) is 12.3. The van der Waals surface area contributed by atoms with Crippen LogP contribution in [-0.2, 0) is 6.54 Å². The Balaban J connectivity index is 2.23. The molecule has 1 aromatic carbocycles. The molecular formula is C14H16ClNS. The molecule has 0 bridgehead atoms. The second-order valence-electron chi connectivity index (χ2n) is 4.32. The molecule has 0 aliphatic heterocycles. The van der Waals surface area contributed by atoms with Gasteiger partial charge in [0, 0.05) is 22.5 Å². The summed E-state index contributed by atoms with van der Waals surface area (Å²) in [6.07, 6.45) is 0. The zero-order valence-corrected chi connectivity index (χ0v) is 11.6. The van der Waals surface area contributed by atoms with E-state index in [4.69, 9.17) is 11.6 Å². The molecule has 2 rings (SSSR count). The molecule has 0 saturated heterocycles. The average molecular weight is 266 g/mol. The Morgan fingerprint density at radius 2 is 2.12 bits per heavy atom. The lowest BCUT2D eigenvalue weighted by molar-refractivity contribution is 0.589. The van der Waals surface area contributed by atoms with E-state index in [1.54, 1.807) is 11.3 Å². The van der Waals surface area contributed by atoms with Crippen molar-refractivity contribution in [3.8, 4) is 10.4 Å². The number of hydrogen-bond donors (Lipinski definition) is 1. The van der Waals surface area contributed by atoms with Crippen molar-refractivity contribution in [2.75, 3.05) is 0 Å². The molecule has 2 aromatic rings. The lowest BCUT2D eigenvalue weighted by atomic mass is 10.1. The van der Waals surface area contributed by atoms with Gasteiger partial charge in [0.25, 0.3) is 0 Å². The summed E-state index contributed by atoms with van der Waals surface area (Å²) in [5.74, 6) is 0. The number of rotatable bonds is 4. The van der Waals surface area contributed by atoms with Gasteiger partial charge in [0.2, 0.25) is 0 Å².